The van der Waals surface area contributed by atoms with Crippen LogP contribution in [0.4, 0.5) is 4.79 Å². The highest BCUT2D eigenvalue weighted by molar-refractivity contribution is 6.61. The van der Waals surface area contributed by atoms with Crippen molar-refractivity contribution in [3.8, 4) is 0 Å². The molecule has 0 aromatic heterocycles. The van der Waals surface area contributed by atoms with Gasteiger partial charge in [0.25, 0.3) is 0 Å². The van der Waals surface area contributed by atoms with Gasteiger partial charge < -0.3 is 9.47 Å². The van der Waals surface area contributed by atoms with Crippen LogP contribution >= 0.6 is 11.6 Å². The molecule has 0 saturated heterocycles. The molecule has 0 fully saturated rings. The summed E-state index contributed by atoms with van der Waals surface area (Å²) in [7, 11) is 0. The number of hydrogen-bond acceptors (Lipinski definition) is 4. The third-order valence-corrected chi connectivity index (χ3v) is 1.25. The van der Waals surface area contributed by atoms with Gasteiger partial charge in [0.1, 0.15) is 6.61 Å². The molecular weight excluding hydrogens is 208 g/mol. The van der Waals surface area contributed by atoms with Gasteiger partial charge in [-0.1, -0.05) is 18.7 Å². The molecule has 0 spiro atoms. The lowest BCUT2D eigenvalue weighted by molar-refractivity contribution is -0.149. The summed E-state index contributed by atoms with van der Waals surface area (Å²) in [4.78, 5) is 21.6. The highest BCUT2D eigenvalue weighted by Gasteiger charge is 2.19. The first-order valence-corrected chi connectivity index (χ1v) is 4.26. The zero-order valence-electron chi connectivity index (χ0n) is 7.73. The second-order valence-electron chi connectivity index (χ2n) is 2.22. The van der Waals surface area contributed by atoms with Crippen LogP contribution in [0, 0.1) is 0 Å². The number of esters is 1. The number of rotatable bonds is 5. The summed E-state index contributed by atoms with van der Waals surface area (Å²) in [6, 6.07) is 0. The maximum Gasteiger partial charge on any atom is 0.404 e. The first-order valence-electron chi connectivity index (χ1n) is 3.88. The van der Waals surface area contributed by atoms with Crippen molar-refractivity contribution in [1.29, 1.82) is 0 Å². The number of halogens is 1. The molecule has 0 bridgehead atoms. The van der Waals surface area contributed by atoms with Crippen LogP contribution in [0.5, 0.6) is 0 Å². The van der Waals surface area contributed by atoms with Gasteiger partial charge in [-0.15, -0.1) is 0 Å². The summed E-state index contributed by atoms with van der Waals surface area (Å²) < 4.78 is 9.14. The average Bonchev–Trinajstić information content (AvgIpc) is 2.13. The van der Waals surface area contributed by atoms with E-state index in [2.05, 4.69) is 16.1 Å². The molecule has 0 radical (unpaired) electrons. The molecule has 5 heteroatoms. The quantitative estimate of drug-likeness (QED) is 0.403. The summed E-state index contributed by atoms with van der Waals surface area (Å²) in [5, 5.41) is 0. The molecule has 0 aromatic carbocycles. The lowest BCUT2D eigenvalue weighted by Crippen LogP contribution is -2.25. The Morgan fingerprint density at radius 3 is 2.64 bits per heavy atom. The monoisotopic (exact) mass is 218 g/mol. The minimum Gasteiger partial charge on any atom is -0.458 e. The summed E-state index contributed by atoms with van der Waals surface area (Å²) in [5.41, 5.74) is -1.05. The van der Waals surface area contributed by atoms with Crippen LogP contribution in [0.2, 0.25) is 0 Å². The van der Waals surface area contributed by atoms with E-state index >= 15 is 0 Å². The molecule has 4 nitrogen and oxygen atoms in total. The third kappa shape index (κ3) is 5.37. The Morgan fingerprint density at radius 2 is 2.21 bits per heavy atom. The molecule has 0 aliphatic rings. The number of hydrogen-bond donors (Lipinski definition) is 0. The van der Waals surface area contributed by atoms with Crippen molar-refractivity contribution in [3.63, 3.8) is 0 Å². The predicted molar refractivity (Wildman–Crippen MR) is 52.1 cm³/mol. The van der Waals surface area contributed by atoms with Crippen LogP contribution in [0.1, 0.15) is 6.92 Å². The minimum atomic E-state index is -1.09. The van der Waals surface area contributed by atoms with Crippen LogP contribution in [0.3, 0.4) is 0 Å². The smallest absolute Gasteiger partial charge is 0.404 e. The fourth-order valence-corrected chi connectivity index (χ4v) is 0.760. The Bertz CT molecular complexity index is 247. The van der Waals surface area contributed by atoms with Crippen LogP contribution in [-0.2, 0) is 14.3 Å². The normalized spacial score (nSPS) is 12.1. The van der Waals surface area contributed by atoms with Gasteiger partial charge >= 0.3 is 11.4 Å². The van der Waals surface area contributed by atoms with Crippen molar-refractivity contribution >= 4 is 23.0 Å². The van der Waals surface area contributed by atoms with Crippen molar-refractivity contribution in [2.75, 3.05) is 6.61 Å². The maximum atomic E-state index is 11.2. The Labute approximate surface area is 87.1 Å². The lowest BCUT2D eigenvalue weighted by Gasteiger charge is -2.10. The van der Waals surface area contributed by atoms with Gasteiger partial charge in [-0.2, -0.15) is 0 Å². The SMILES string of the molecule is C=CCOC(=O)C(/C=C/C)OC(=O)Cl. The van der Waals surface area contributed by atoms with E-state index in [1.165, 1.54) is 12.2 Å². The fraction of sp³-hybridized carbons (Fsp3) is 0.333. The van der Waals surface area contributed by atoms with Gasteiger partial charge in [0.05, 0.1) is 0 Å². The molecule has 0 saturated carbocycles. The Kier molecular flexibility index (Phi) is 6.49. The van der Waals surface area contributed by atoms with E-state index in [1.807, 2.05) is 0 Å². The molecule has 0 aliphatic heterocycles. The molecule has 0 rings (SSSR count). The first kappa shape index (κ1) is 12.7. The topological polar surface area (TPSA) is 52.6 Å². The zero-order chi connectivity index (χ0) is 11.0. The predicted octanol–water partition coefficient (Wildman–Crippen LogP) is 2.04. The number of carbonyl (C=O) groups is 2. The van der Waals surface area contributed by atoms with E-state index in [0.717, 1.165) is 0 Å². The summed E-state index contributed by atoms with van der Waals surface area (Å²) >= 11 is 4.96. The van der Waals surface area contributed by atoms with Gasteiger partial charge in [0, 0.05) is 11.6 Å². The molecule has 0 aromatic rings. The van der Waals surface area contributed by atoms with Gasteiger partial charge in [0.2, 0.25) is 6.10 Å². The molecule has 1 atom stereocenters. The molecule has 14 heavy (non-hydrogen) atoms. The summed E-state index contributed by atoms with van der Waals surface area (Å²) in [5.74, 6) is -0.683. The maximum absolute atomic E-state index is 11.2. The molecule has 0 amide bonds. The largest absolute Gasteiger partial charge is 0.458 e. The van der Waals surface area contributed by atoms with Gasteiger partial charge in [-0.05, 0) is 13.0 Å². The molecule has 0 aliphatic carbocycles. The number of carbonyl (C=O) groups excluding carboxylic acids is 2. The van der Waals surface area contributed by atoms with E-state index in [1.54, 1.807) is 13.0 Å². The van der Waals surface area contributed by atoms with Crippen molar-refractivity contribution in [2.45, 2.75) is 13.0 Å². The number of ether oxygens (including phenoxy) is 2. The minimum absolute atomic E-state index is 0.0622. The van der Waals surface area contributed by atoms with E-state index in [-0.39, 0.29) is 6.61 Å². The molecule has 0 N–H and O–H groups in total. The van der Waals surface area contributed by atoms with Crippen molar-refractivity contribution in [2.24, 2.45) is 0 Å². The zero-order valence-corrected chi connectivity index (χ0v) is 8.49. The highest BCUT2D eigenvalue weighted by Crippen LogP contribution is 2.02. The second-order valence-corrected chi connectivity index (χ2v) is 2.53. The van der Waals surface area contributed by atoms with Crippen LogP contribution in [0.15, 0.2) is 24.8 Å². The molecule has 0 heterocycles. The number of allylic oxidation sites excluding steroid dienone is 1. The third-order valence-electron chi connectivity index (χ3n) is 1.16. The average molecular weight is 219 g/mol. The summed E-state index contributed by atoms with van der Waals surface area (Å²) in [6.45, 7) is 5.11. The van der Waals surface area contributed by atoms with Crippen molar-refractivity contribution in [1.82, 2.24) is 0 Å². The Balaban J connectivity index is 4.24. The molecule has 78 valence electrons. The highest BCUT2D eigenvalue weighted by atomic mass is 35.5. The molecule has 1 unspecified atom stereocenters. The molecular formula is C9H11ClO4. The van der Waals surface area contributed by atoms with E-state index in [0.29, 0.717) is 0 Å². The van der Waals surface area contributed by atoms with Gasteiger partial charge in [-0.3, -0.25) is 0 Å². The van der Waals surface area contributed by atoms with Gasteiger partial charge in [-0.25, -0.2) is 9.59 Å². The Morgan fingerprint density at radius 1 is 1.57 bits per heavy atom. The second kappa shape index (κ2) is 7.15. The van der Waals surface area contributed by atoms with E-state index in [9.17, 15) is 9.59 Å². The fourth-order valence-electron chi connectivity index (χ4n) is 0.664. The van der Waals surface area contributed by atoms with Gasteiger partial charge in [0.15, 0.2) is 0 Å². The van der Waals surface area contributed by atoms with E-state index < -0.39 is 17.5 Å². The summed E-state index contributed by atoms with van der Waals surface area (Å²) in [6.07, 6.45) is 3.24. The lowest BCUT2D eigenvalue weighted by atomic mass is 10.3. The standard InChI is InChI=1S/C9H11ClO4/c1-3-5-7(14-9(10)12)8(11)13-6-4-2/h3-5,7H,2,6H2,1H3/b5-3+. The van der Waals surface area contributed by atoms with E-state index in [4.69, 9.17) is 11.6 Å². The first-order chi connectivity index (χ1) is 6.61. The van der Waals surface area contributed by atoms with Crippen LogP contribution < -0.4 is 0 Å². The van der Waals surface area contributed by atoms with Crippen molar-refractivity contribution in [3.05, 3.63) is 24.8 Å². The Hall–Kier alpha value is -1.29. The van der Waals surface area contributed by atoms with Crippen molar-refractivity contribution < 1.29 is 19.1 Å². The van der Waals surface area contributed by atoms with Crippen LogP contribution in [-0.4, -0.2) is 24.1 Å². The van der Waals surface area contributed by atoms with Crippen LogP contribution in [0.25, 0.3) is 0 Å².